The van der Waals surface area contributed by atoms with Crippen LogP contribution >= 0.6 is 0 Å². The summed E-state index contributed by atoms with van der Waals surface area (Å²) in [6, 6.07) is 24.4. The van der Waals surface area contributed by atoms with Gasteiger partial charge in [-0.25, -0.2) is 0 Å². The van der Waals surface area contributed by atoms with Crippen LogP contribution < -0.4 is 4.90 Å². The van der Waals surface area contributed by atoms with E-state index in [-0.39, 0.29) is 5.41 Å². The van der Waals surface area contributed by atoms with E-state index in [0.717, 1.165) is 0 Å². The molecule has 0 unspecified atom stereocenters. The third kappa shape index (κ3) is 2.16. The van der Waals surface area contributed by atoms with Crippen molar-refractivity contribution in [2.24, 2.45) is 0 Å². The first-order valence-electron chi connectivity index (χ1n) is 8.53. The normalized spacial score (nSPS) is 14.2. The van der Waals surface area contributed by atoms with E-state index in [4.69, 9.17) is 0 Å². The summed E-state index contributed by atoms with van der Waals surface area (Å²) in [4.78, 5) is 2.26. The molecule has 0 radical (unpaired) electrons. The Kier molecular flexibility index (Phi) is 3.28. The van der Waals surface area contributed by atoms with Crippen LogP contribution in [-0.2, 0) is 5.41 Å². The first kappa shape index (κ1) is 15.0. The maximum absolute atomic E-state index is 2.36. The molecular weight excluding hydrogens is 290 g/mol. The van der Waals surface area contributed by atoms with E-state index in [1.165, 1.54) is 39.2 Å². The van der Waals surface area contributed by atoms with Crippen LogP contribution in [0.15, 0.2) is 66.7 Å². The monoisotopic (exact) mass is 313 g/mol. The molecule has 0 N–H and O–H groups in total. The summed E-state index contributed by atoms with van der Waals surface area (Å²) in [6.07, 6.45) is 0. The third-order valence-electron chi connectivity index (χ3n) is 5.38. The van der Waals surface area contributed by atoms with Gasteiger partial charge in [-0.2, -0.15) is 0 Å². The molecule has 0 amide bonds. The van der Waals surface area contributed by atoms with E-state index in [1.807, 2.05) is 0 Å². The Labute approximate surface area is 144 Å². The van der Waals surface area contributed by atoms with E-state index in [9.17, 15) is 0 Å². The van der Waals surface area contributed by atoms with Gasteiger partial charge < -0.3 is 4.90 Å². The smallest absolute Gasteiger partial charge is 0.0411 e. The van der Waals surface area contributed by atoms with Crippen molar-refractivity contribution in [1.82, 2.24) is 0 Å². The number of hydrogen-bond acceptors (Lipinski definition) is 1. The first-order chi connectivity index (χ1) is 11.5. The molecular formula is C23H23N. The summed E-state index contributed by atoms with van der Waals surface area (Å²) >= 11 is 0. The predicted octanol–water partition coefficient (Wildman–Crippen LogP) is 6.07. The van der Waals surface area contributed by atoms with E-state index in [1.54, 1.807) is 0 Å². The number of anilines is 2. The fourth-order valence-electron chi connectivity index (χ4n) is 3.82. The number of aryl methyl sites for hydroxylation is 1. The molecule has 1 heteroatoms. The average Bonchev–Trinajstić information content (AvgIpc) is 2.83. The van der Waals surface area contributed by atoms with Gasteiger partial charge >= 0.3 is 0 Å². The van der Waals surface area contributed by atoms with E-state index >= 15 is 0 Å². The lowest BCUT2D eigenvalue weighted by atomic mass is 9.82. The number of fused-ring (bicyclic) bond motifs is 3. The van der Waals surface area contributed by atoms with Gasteiger partial charge in [-0.1, -0.05) is 61.9 Å². The van der Waals surface area contributed by atoms with Crippen LogP contribution in [0.4, 0.5) is 11.4 Å². The molecule has 0 atom stereocenters. The summed E-state index contributed by atoms with van der Waals surface area (Å²) < 4.78 is 0. The fourth-order valence-corrected chi connectivity index (χ4v) is 3.82. The predicted molar refractivity (Wildman–Crippen MR) is 103 cm³/mol. The van der Waals surface area contributed by atoms with Gasteiger partial charge in [0.25, 0.3) is 0 Å². The molecule has 3 aromatic rings. The van der Waals surface area contributed by atoms with Gasteiger partial charge in [0.1, 0.15) is 0 Å². The van der Waals surface area contributed by atoms with Crippen LogP contribution in [0.1, 0.15) is 30.5 Å². The fraction of sp³-hybridized carbons (Fsp3) is 0.217. The van der Waals surface area contributed by atoms with Gasteiger partial charge in [0, 0.05) is 23.8 Å². The van der Waals surface area contributed by atoms with Crippen molar-refractivity contribution in [3.63, 3.8) is 0 Å². The number of nitrogens with zero attached hydrogens (tertiary/aromatic N) is 1. The summed E-state index contributed by atoms with van der Waals surface area (Å²) in [6.45, 7) is 6.78. The van der Waals surface area contributed by atoms with Gasteiger partial charge in [-0.05, 0) is 53.4 Å². The minimum absolute atomic E-state index is 0.0516. The van der Waals surface area contributed by atoms with E-state index in [0.29, 0.717) is 0 Å². The molecule has 0 spiro atoms. The topological polar surface area (TPSA) is 3.24 Å². The van der Waals surface area contributed by atoms with E-state index < -0.39 is 0 Å². The third-order valence-corrected chi connectivity index (χ3v) is 5.38. The molecule has 3 aromatic carbocycles. The highest BCUT2D eigenvalue weighted by Crippen LogP contribution is 2.49. The van der Waals surface area contributed by atoms with Gasteiger partial charge in [0.2, 0.25) is 0 Å². The average molecular weight is 313 g/mol. The van der Waals surface area contributed by atoms with Crippen molar-refractivity contribution in [3.05, 3.63) is 83.4 Å². The van der Waals surface area contributed by atoms with Crippen LogP contribution in [-0.4, -0.2) is 7.05 Å². The zero-order chi connectivity index (χ0) is 16.9. The SMILES string of the molecule is Cc1ccc(N(C)c2ccc3c(c2)C(C)(C)c2ccccc2-3)cc1. The Morgan fingerprint density at radius 1 is 0.708 bits per heavy atom. The highest BCUT2D eigenvalue weighted by atomic mass is 15.1. The molecule has 1 aliphatic rings. The molecule has 0 aliphatic heterocycles. The lowest BCUT2D eigenvalue weighted by Crippen LogP contribution is -2.16. The molecule has 0 heterocycles. The minimum Gasteiger partial charge on any atom is -0.345 e. The second kappa shape index (κ2) is 5.24. The number of rotatable bonds is 2. The highest BCUT2D eigenvalue weighted by molar-refractivity contribution is 5.83. The second-order valence-corrected chi connectivity index (χ2v) is 7.30. The molecule has 0 saturated heterocycles. The Morgan fingerprint density at radius 2 is 1.33 bits per heavy atom. The molecule has 1 aliphatic carbocycles. The Balaban J connectivity index is 1.80. The Bertz CT molecular complexity index is 904. The van der Waals surface area contributed by atoms with Crippen molar-refractivity contribution >= 4 is 11.4 Å². The number of benzene rings is 3. The van der Waals surface area contributed by atoms with Crippen molar-refractivity contribution in [2.45, 2.75) is 26.2 Å². The van der Waals surface area contributed by atoms with E-state index in [2.05, 4.69) is 99.4 Å². The molecule has 1 nitrogen and oxygen atoms in total. The molecule has 0 fully saturated rings. The maximum Gasteiger partial charge on any atom is 0.0411 e. The van der Waals surface area contributed by atoms with Crippen LogP contribution in [0.3, 0.4) is 0 Å². The molecule has 0 saturated carbocycles. The molecule has 120 valence electrons. The maximum atomic E-state index is 2.36. The highest BCUT2D eigenvalue weighted by Gasteiger charge is 2.35. The summed E-state index contributed by atoms with van der Waals surface area (Å²) in [5.41, 5.74) is 9.38. The van der Waals surface area contributed by atoms with Crippen molar-refractivity contribution in [1.29, 1.82) is 0 Å². The van der Waals surface area contributed by atoms with Crippen LogP contribution in [0.2, 0.25) is 0 Å². The van der Waals surface area contributed by atoms with Crippen LogP contribution in [0, 0.1) is 6.92 Å². The van der Waals surface area contributed by atoms with Crippen LogP contribution in [0.25, 0.3) is 11.1 Å². The van der Waals surface area contributed by atoms with Crippen molar-refractivity contribution in [2.75, 3.05) is 11.9 Å². The van der Waals surface area contributed by atoms with Gasteiger partial charge in [-0.15, -0.1) is 0 Å². The lowest BCUT2D eigenvalue weighted by Gasteiger charge is -2.25. The number of hydrogen-bond donors (Lipinski definition) is 0. The van der Waals surface area contributed by atoms with Gasteiger partial charge in [-0.3, -0.25) is 0 Å². The molecule has 4 rings (SSSR count). The lowest BCUT2D eigenvalue weighted by molar-refractivity contribution is 0.660. The quantitative estimate of drug-likeness (QED) is 0.555. The molecule has 0 aromatic heterocycles. The second-order valence-electron chi connectivity index (χ2n) is 7.30. The van der Waals surface area contributed by atoms with Gasteiger partial charge in [0.05, 0.1) is 0 Å². The molecule has 0 bridgehead atoms. The summed E-state index contributed by atoms with van der Waals surface area (Å²) in [7, 11) is 2.14. The largest absolute Gasteiger partial charge is 0.345 e. The Hall–Kier alpha value is -2.54. The standard InChI is InChI=1S/C23H23N/c1-16-9-11-17(12-10-16)24(4)18-13-14-20-19-7-5-6-8-21(19)23(2,3)22(20)15-18/h5-15H,1-4H3. The van der Waals surface area contributed by atoms with Crippen molar-refractivity contribution < 1.29 is 0 Å². The van der Waals surface area contributed by atoms with Crippen molar-refractivity contribution in [3.8, 4) is 11.1 Å². The summed E-state index contributed by atoms with van der Waals surface area (Å²) in [5, 5.41) is 0. The zero-order valence-electron chi connectivity index (χ0n) is 14.8. The molecule has 24 heavy (non-hydrogen) atoms. The summed E-state index contributed by atoms with van der Waals surface area (Å²) in [5.74, 6) is 0. The zero-order valence-corrected chi connectivity index (χ0v) is 14.8. The first-order valence-corrected chi connectivity index (χ1v) is 8.53. The van der Waals surface area contributed by atoms with Crippen LogP contribution in [0.5, 0.6) is 0 Å². The minimum atomic E-state index is 0.0516. The van der Waals surface area contributed by atoms with Gasteiger partial charge in [0.15, 0.2) is 0 Å². The Morgan fingerprint density at radius 3 is 2.08 bits per heavy atom.